The molecule has 0 aromatic rings. The second-order valence-corrected chi connectivity index (χ2v) is 5.86. The summed E-state index contributed by atoms with van der Waals surface area (Å²) in [7, 11) is 1.70. The molecule has 0 aliphatic carbocycles. The highest BCUT2D eigenvalue weighted by Gasteiger charge is 2.19. The molecule has 0 atom stereocenters. The number of piperidine rings is 1. The first kappa shape index (κ1) is 15.8. The molecule has 106 valence electrons. The van der Waals surface area contributed by atoms with Gasteiger partial charge in [0.2, 0.25) is 5.91 Å². The zero-order valence-electron chi connectivity index (χ0n) is 11.7. The Morgan fingerprint density at radius 2 is 2.06 bits per heavy atom. The van der Waals surface area contributed by atoms with E-state index in [1.807, 2.05) is 11.8 Å². The predicted molar refractivity (Wildman–Crippen MR) is 79.1 cm³/mol. The largest absolute Gasteiger partial charge is 0.358 e. The van der Waals surface area contributed by atoms with E-state index < -0.39 is 0 Å². The Morgan fingerprint density at radius 1 is 1.33 bits per heavy atom. The summed E-state index contributed by atoms with van der Waals surface area (Å²) < 4.78 is 0. The van der Waals surface area contributed by atoms with Crippen molar-refractivity contribution in [2.24, 2.45) is 0 Å². The fraction of sp³-hybridized carbons (Fsp3) is 0.923. The Kier molecular flexibility index (Phi) is 8.46. The van der Waals surface area contributed by atoms with Crippen molar-refractivity contribution < 1.29 is 4.79 Å². The minimum atomic E-state index is 0.124. The maximum absolute atomic E-state index is 11.3. The molecule has 1 aliphatic rings. The quantitative estimate of drug-likeness (QED) is 0.646. The van der Waals surface area contributed by atoms with Crippen molar-refractivity contribution in [3.05, 3.63) is 0 Å². The second kappa shape index (κ2) is 9.64. The van der Waals surface area contributed by atoms with Gasteiger partial charge >= 0.3 is 0 Å². The normalized spacial score (nSPS) is 17.9. The van der Waals surface area contributed by atoms with Gasteiger partial charge in [-0.2, -0.15) is 11.8 Å². The van der Waals surface area contributed by atoms with Crippen molar-refractivity contribution >= 4 is 17.7 Å². The molecule has 2 N–H and O–H groups in total. The summed E-state index contributed by atoms with van der Waals surface area (Å²) in [4.78, 5) is 13.5. The maximum Gasteiger partial charge on any atom is 0.233 e. The lowest BCUT2D eigenvalue weighted by Gasteiger charge is -2.31. The van der Waals surface area contributed by atoms with Crippen LogP contribution in [0.2, 0.25) is 0 Å². The Bertz CT molecular complexity index is 230. The van der Waals surface area contributed by atoms with E-state index in [0.29, 0.717) is 12.6 Å². The van der Waals surface area contributed by atoms with Crippen molar-refractivity contribution in [2.45, 2.75) is 31.7 Å². The Hall–Kier alpha value is -0.260. The number of thioether (sulfide) groups is 1. The molecule has 0 aromatic carbocycles. The summed E-state index contributed by atoms with van der Waals surface area (Å²) in [6.45, 7) is 3.77. The summed E-state index contributed by atoms with van der Waals surface area (Å²) in [6.07, 6.45) is 7.08. The number of nitrogens with zero attached hydrogens (tertiary/aromatic N) is 1. The second-order valence-electron chi connectivity index (χ2n) is 4.88. The Balaban J connectivity index is 2.03. The molecule has 1 amide bonds. The lowest BCUT2D eigenvalue weighted by molar-refractivity contribution is -0.122. The molecule has 0 aromatic heterocycles. The van der Waals surface area contributed by atoms with Gasteiger partial charge < -0.3 is 10.6 Å². The van der Waals surface area contributed by atoms with Gasteiger partial charge in [-0.25, -0.2) is 0 Å². The van der Waals surface area contributed by atoms with Gasteiger partial charge in [0.15, 0.2) is 0 Å². The number of unbranched alkanes of at least 4 members (excludes halogenated alkanes) is 1. The number of hydrogen-bond donors (Lipinski definition) is 2. The van der Waals surface area contributed by atoms with Gasteiger partial charge in [0.1, 0.15) is 0 Å². The SMILES string of the molecule is CNC(=O)CN1CCC(NCCCCSC)CC1. The summed E-state index contributed by atoms with van der Waals surface area (Å²) in [6, 6.07) is 0.653. The highest BCUT2D eigenvalue weighted by atomic mass is 32.2. The average molecular weight is 273 g/mol. The van der Waals surface area contributed by atoms with Gasteiger partial charge in [0, 0.05) is 26.2 Å². The van der Waals surface area contributed by atoms with Crippen LogP contribution in [0.3, 0.4) is 0 Å². The fourth-order valence-electron chi connectivity index (χ4n) is 2.25. The third-order valence-corrected chi connectivity index (χ3v) is 4.14. The van der Waals surface area contributed by atoms with Crippen LogP contribution in [-0.2, 0) is 4.79 Å². The molecule has 18 heavy (non-hydrogen) atoms. The van der Waals surface area contributed by atoms with E-state index in [1.54, 1.807) is 7.05 Å². The summed E-state index contributed by atoms with van der Waals surface area (Å²) >= 11 is 1.92. The van der Waals surface area contributed by atoms with Crippen molar-refractivity contribution in [3.63, 3.8) is 0 Å². The minimum Gasteiger partial charge on any atom is -0.358 e. The van der Waals surface area contributed by atoms with Crippen LogP contribution in [0, 0.1) is 0 Å². The number of carbonyl (C=O) groups excluding carboxylic acids is 1. The van der Waals surface area contributed by atoms with Crippen LogP contribution in [0.5, 0.6) is 0 Å². The van der Waals surface area contributed by atoms with Crippen LogP contribution >= 0.6 is 11.8 Å². The first-order valence-electron chi connectivity index (χ1n) is 6.91. The monoisotopic (exact) mass is 273 g/mol. The molecule has 0 saturated carbocycles. The van der Waals surface area contributed by atoms with Gasteiger partial charge in [0.25, 0.3) is 0 Å². The zero-order valence-corrected chi connectivity index (χ0v) is 12.5. The molecule has 5 heteroatoms. The number of likely N-dealkylation sites (tertiary alicyclic amines) is 1. The lowest BCUT2D eigenvalue weighted by Crippen LogP contribution is -2.45. The molecule has 1 aliphatic heterocycles. The van der Waals surface area contributed by atoms with Gasteiger partial charge in [-0.3, -0.25) is 9.69 Å². The van der Waals surface area contributed by atoms with Gasteiger partial charge in [-0.05, 0) is 44.2 Å². The molecule has 0 unspecified atom stereocenters. The first-order valence-corrected chi connectivity index (χ1v) is 8.31. The molecule has 4 nitrogen and oxygen atoms in total. The third kappa shape index (κ3) is 6.61. The average Bonchev–Trinajstić information content (AvgIpc) is 2.40. The summed E-state index contributed by atoms with van der Waals surface area (Å²) in [5, 5.41) is 6.31. The van der Waals surface area contributed by atoms with E-state index >= 15 is 0 Å². The number of nitrogens with one attached hydrogen (secondary N) is 2. The van der Waals surface area contributed by atoms with Gasteiger partial charge in [-0.1, -0.05) is 0 Å². The topological polar surface area (TPSA) is 44.4 Å². The molecular formula is C13H27N3OS. The van der Waals surface area contributed by atoms with Crippen LogP contribution in [0.4, 0.5) is 0 Å². The molecule has 0 spiro atoms. The van der Waals surface area contributed by atoms with Crippen molar-refractivity contribution in [1.29, 1.82) is 0 Å². The number of carbonyl (C=O) groups is 1. The highest BCUT2D eigenvalue weighted by Crippen LogP contribution is 2.10. The van der Waals surface area contributed by atoms with Crippen molar-refractivity contribution in [1.82, 2.24) is 15.5 Å². The third-order valence-electron chi connectivity index (χ3n) is 3.44. The van der Waals surface area contributed by atoms with E-state index in [2.05, 4.69) is 21.8 Å². The maximum atomic E-state index is 11.3. The minimum absolute atomic E-state index is 0.124. The van der Waals surface area contributed by atoms with E-state index in [0.717, 1.165) is 19.6 Å². The van der Waals surface area contributed by atoms with Crippen molar-refractivity contribution in [2.75, 3.05) is 45.2 Å². The number of hydrogen-bond acceptors (Lipinski definition) is 4. The van der Waals surface area contributed by atoms with Crippen LogP contribution in [0.15, 0.2) is 0 Å². The lowest BCUT2D eigenvalue weighted by atomic mass is 10.0. The number of amides is 1. The summed E-state index contributed by atoms with van der Waals surface area (Å²) in [5.41, 5.74) is 0. The molecule has 0 radical (unpaired) electrons. The molecule has 0 bridgehead atoms. The van der Waals surface area contributed by atoms with E-state index in [1.165, 1.54) is 31.4 Å². The predicted octanol–water partition coefficient (Wildman–Crippen LogP) is 0.930. The van der Waals surface area contributed by atoms with Gasteiger partial charge in [-0.15, -0.1) is 0 Å². The van der Waals surface area contributed by atoms with E-state index in [4.69, 9.17) is 0 Å². The van der Waals surface area contributed by atoms with Crippen LogP contribution in [0.25, 0.3) is 0 Å². The molecular weight excluding hydrogens is 246 g/mol. The molecule has 1 fully saturated rings. The van der Waals surface area contributed by atoms with E-state index in [9.17, 15) is 4.79 Å². The van der Waals surface area contributed by atoms with Crippen LogP contribution in [-0.4, -0.2) is 62.1 Å². The summed E-state index contributed by atoms with van der Waals surface area (Å²) in [5.74, 6) is 1.39. The van der Waals surface area contributed by atoms with Crippen LogP contribution < -0.4 is 10.6 Å². The zero-order chi connectivity index (χ0) is 13.2. The number of rotatable bonds is 8. The fourth-order valence-corrected chi connectivity index (χ4v) is 2.75. The van der Waals surface area contributed by atoms with Crippen molar-refractivity contribution in [3.8, 4) is 0 Å². The van der Waals surface area contributed by atoms with E-state index in [-0.39, 0.29) is 5.91 Å². The Labute approximate surface area is 115 Å². The van der Waals surface area contributed by atoms with Gasteiger partial charge in [0.05, 0.1) is 6.54 Å². The molecule has 1 saturated heterocycles. The first-order chi connectivity index (χ1) is 8.76. The van der Waals surface area contributed by atoms with Crippen LogP contribution in [0.1, 0.15) is 25.7 Å². The Morgan fingerprint density at radius 3 is 2.67 bits per heavy atom. The molecule has 1 heterocycles. The molecule has 1 rings (SSSR count). The standard InChI is InChI=1S/C13H27N3OS/c1-14-13(17)11-16-8-5-12(6-9-16)15-7-3-4-10-18-2/h12,15H,3-11H2,1-2H3,(H,14,17). The highest BCUT2D eigenvalue weighted by molar-refractivity contribution is 7.98. The number of likely N-dealkylation sites (N-methyl/N-ethyl adjacent to an activating group) is 1. The smallest absolute Gasteiger partial charge is 0.233 e.